The zero-order valence-electron chi connectivity index (χ0n) is 14.9. The Morgan fingerprint density at radius 1 is 1.07 bits per heavy atom. The number of halogens is 3. The molecule has 27 heavy (non-hydrogen) atoms. The average Bonchev–Trinajstić information content (AvgIpc) is 2.65. The number of aliphatic imine (C=N–C) groups is 1. The minimum atomic E-state index is -4.37. The SMILES string of the molecule is COc1ccc(CCNC(N)=NCc2cccc(OCC(F)(F)F)c2)cc1. The van der Waals surface area contributed by atoms with E-state index in [0.29, 0.717) is 12.1 Å². The number of alkyl halides is 3. The first-order chi connectivity index (χ1) is 12.9. The number of nitrogens with two attached hydrogens (primary N) is 1. The summed E-state index contributed by atoms with van der Waals surface area (Å²) in [6.45, 7) is -0.476. The van der Waals surface area contributed by atoms with Crippen LogP contribution in [0, 0.1) is 0 Å². The molecule has 0 radical (unpaired) electrons. The first-order valence-corrected chi connectivity index (χ1v) is 8.31. The van der Waals surface area contributed by atoms with Crippen molar-refractivity contribution in [3.63, 3.8) is 0 Å². The van der Waals surface area contributed by atoms with E-state index in [1.165, 1.54) is 12.1 Å². The molecule has 0 spiro atoms. The lowest BCUT2D eigenvalue weighted by molar-refractivity contribution is -0.153. The molecule has 0 fully saturated rings. The number of hydrogen-bond donors (Lipinski definition) is 2. The Morgan fingerprint density at radius 2 is 1.81 bits per heavy atom. The summed E-state index contributed by atoms with van der Waals surface area (Å²) in [5, 5.41) is 3.01. The van der Waals surface area contributed by atoms with Crippen molar-refractivity contribution in [2.75, 3.05) is 20.3 Å². The van der Waals surface area contributed by atoms with E-state index in [2.05, 4.69) is 10.3 Å². The molecule has 2 aromatic carbocycles. The summed E-state index contributed by atoms with van der Waals surface area (Å²) < 4.78 is 46.4. The average molecular weight is 381 g/mol. The van der Waals surface area contributed by atoms with Crippen molar-refractivity contribution >= 4 is 5.96 Å². The second-order valence-corrected chi connectivity index (χ2v) is 5.78. The Labute approximate surface area is 156 Å². The van der Waals surface area contributed by atoms with Gasteiger partial charge in [0.05, 0.1) is 13.7 Å². The van der Waals surface area contributed by atoms with Gasteiger partial charge in [-0.25, -0.2) is 4.99 Å². The van der Waals surface area contributed by atoms with Gasteiger partial charge in [0.15, 0.2) is 12.6 Å². The Kier molecular flexibility index (Phi) is 7.34. The standard InChI is InChI=1S/C19H22F3N3O2/c1-26-16-7-5-14(6-8-16)9-10-24-18(23)25-12-15-3-2-4-17(11-15)27-13-19(20,21)22/h2-8,11H,9-10,12-13H2,1H3,(H3,23,24,25). The van der Waals surface area contributed by atoms with Gasteiger partial charge in [-0.3, -0.25) is 0 Å². The smallest absolute Gasteiger partial charge is 0.422 e. The summed E-state index contributed by atoms with van der Waals surface area (Å²) in [4.78, 5) is 4.19. The van der Waals surface area contributed by atoms with Crippen LogP contribution in [0.15, 0.2) is 53.5 Å². The highest BCUT2D eigenvalue weighted by atomic mass is 19.4. The second kappa shape index (κ2) is 9.70. The molecule has 0 amide bonds. The normalized spacial score (nSPS) is 11.9. The minimum absolute atomic E-state index is 0.145. The highest BCUT2D eigenvalue weighted by Crippen LogP contribution is 2.19. The van der Waals surface area contributed by atoms with Crippen LogP contribution in [-0.2, 0) is 13.0 Å². The number of ether oxygens (including phenoxy) is 2. The third kappa shape index (κ3) is 7.89. The molecule has 0 unspecified atom stereocenters. The molecule has 0 saturated heterocycles. The van der Waals surface area contributed by atoms with Gasteiger partial charge >= 0.3 is 6.18 Å². The van der Waals surface area contributed by atoms with Crippen LogP contribution in [0.5, 0.6) is 11.5 Å². The molecule has 2 aromatic rings. The van der Waals surface area contributed by atoms with Crippen LogP contribution in [0.2, 0.25) is 0 Å². The van der Waals surface area contributed by atoms with Crippen molar-refractivity contribution < 1.29 is 22.6 Å². The largest absolute Gasteiger partial charge is 0.497 e. The Morgan fingerprint density at radius 3 is 2.48 bits per heavy atom. The molecule has 0 bridgehead atoms. The van der Waals surface area contributed by atoms with Crippen molar-refractivity contribution in [2.45, 2.75) is 19.1 Å². The van der Waals surface area contributed by atoms with Crippen molar-refractivity contribution in [3.8, 4) is 11.5 Å². The van der Waals surface area contributed by atoms with Crippen molar-refractivity contribution in [2.24, 2.45) is 10.7 Å². The maximum Gasteiger partial charge on any atom is 0.422 e. The number of guanidine groups is 1. The molecule has 8 heteroatoms. The van der Waals surface area contributed by atoms with Crippen molar-refractivity contribution in [1.29, 1.82) is 0 Å². The molecule has 0 heterocycles. The lowest BCUT2D eigenvalue weighted by Gasteiger charge is -2.10. The van der Waals surface area contributed by atoms with Crippen LogP contribution in [0.25, 0.3) is 0 Å². The lowest BCUT2D eigenvalue weighted by atomic mass is 10.1. The molecule has 0 saturated carbocycles. The number of rotatable bonds is 8. The second-order valence-electron chi connectivity index (χ2n) is 5.78. The topological polar surface area (TPSA) is 68.9 Å². The van der Waals surface area contributed by atoms with Gasteiger partial charge in [0.1, 0.15) is 11.5 Å². The predicted octanol–water partition coefficient (Wildman–Crippen LogP) is 3.28. The van der Waals surface area contributed by atoms with Crippen LogP contribution >= 0.6 is 0 Å². The molecule has 0 aromatic heterocycles. The summed E-state index contributed by atoms with van der Waals surface area (Å²) in [6, 6.07) is 14.1. The monoisotopic (exact) mass is 381 g/mol. The Bertz CT molecular complexity index is 747. The third-order valence-corrected chi connectivity index (χ3v) is 3.61. The maximum absolute atomic E-state index is 12.2. The van der Waals surface area contributed by atoms with Gasteiger partial charge in [-0.2, -0.15) is 13.2 Å². The molecule has 146 valence electrons. The predicted molar refractivity (Wildman–Crippen MR) is 98.0 cm³/mol. The van der Waals surface area contributed by atoms with E-state index in [4.69, 9.17) is 15.2 Å². The molecule has 3 N–H and O–H groups in total. The van der Waals surface area contributed by atoms with E-state index in [0.717, 1.165) is 17.7 Å². The maximum atomic E-state index is 12.2. The van der Waals surface area contributed by atoms with E-state index >= 15 is 0 Å². The molecule has 5 nitrogen and oxygen atoms in total. The lowest BCUT2D eigenvalue weighted by Crippen LogP contribution is -2.33. The van der Waals surface area contributed by atoms with Crippen LogP contribution in [0.1, 0.15) is 11.1 Å². The van der Waals surface area contributed by atoms with Gasteiger partial charge < -0.3 is 20.5 Å². The van der Waals surface area contributed by atoms with Crippen molar-refractivity contribution in [1.82, 2.24) is 5.32 Å². The summed E-state index contributed by atoms with van der Waals surface area (Å²) >= 11 is 0. The fourth-order valence-electron chi connectivity index (χ4n) is 2.26. The van der Waals surface area contributed by atoms with E-state index in [1.54, 1.807) is 19.2 Å². The van der Waals surface area contributed by atoms with E-state index < -0.39 is 12.8 Å². The number of benzene rings is 2. The molecular formula is C19H22F3N3O2. The van der Waals surface area contributed by atoms with Gasteiger partial charge in [0.2, 0.25) is 0 Å². The van der Waals surface area contributed by atoms with Gasteiger partial charge in [-0.1, -0.05) is 24.3 Å². The number of nitrogens with zero attached hydrogens (tertiary/aromatic N) is 1. The van der Waals surface area contributed by atoms with Gasteiger partial charge in [-0.05, 0) is 41.8 Å². The fourth-order valence-corrected chi connectivity index (χ4v) is 2.26. The third-order valence-electron chi connectivity index (χ3n) is 3.61. The van der Waals surface area contributed by atoms with Crippen LogP contribution in [0.3, 0.4) is 0 Å². The zero-order chi connectivity index (χ0) is 19.7. The molecule has 0 aliphatic heterocycles. The molecule has 0 aliphatic carbocycles. The minimum Gasteiger partial charge on any atom is -0.497 e. The molecule has 0 aliphatic rings. The highest BCUT2D eigenvalue weighted by molar-refractivity contribution is 5.77. The Hall–Kier alpha value is -2.90. The van der Waals surface area contributed by atoms with Gasteiger partial charge in [-0.15, -0.1) is 0 Å². The molecule has 0 atom stereocenters. The van der Waals surface area contributed by atoms with Gasteiger partial charge in [0.25, 0.3) is 0 Å². The summed E-state index contributed by atoms with van der Waals surface area (Å²) in [5.41, 5.74) is 7.66. The first-order valence-electron chi connectivity index (χ1n) is 8.31. The number of hydrogen-bond acceptors (Lipinski definition) is 3. The highest BCUT2D eigenvalue weighted by Gasteiger charge is 2.28. The summed E-state index contributed by atoms with van der Waals surface area (Å²) in [6.07, 6.45) is -3.60. The zero-order valence-corrected chi connectivity index (χ0v) is 14.9. The first kappa shape index (κ1) is 20.4. The fraction of sp³-hybridized carbons (Fsp3) is 0.316. The van der Waals surface area contributed by atoms with Gasteiger partial charge in [0, 0.05) is 6.54 Å². The number of nitrogens with one attached hydrogen (secondary N) is 1. The Balaban J connectivity index is 1.78. The van der Waals surface area contributed by atoms with Crippen LogP contribution in [0.4, 0.5) is 13.2 Å². The number of methoxy groups -OCH3 is 1. The van der Waals surface area contributed by atoms with Crippen LogP contribution < -0.4 is 20.5 Å². The summed E-state index contributed by atoms with van der Waals surface area (Å²) in [5.74, 6) is 1.21. The molecule has 2 rings (SSSR count). The van der Waals surface area contributed by atoms with Crippen molar-refractivity contribution in [3.05, 3.63) is 59.7 Å². The molecular weight excluding hydrogens is 359 g/mol. The van der Waals surface area contributed by atoms with E-state index in [9.17, 15) is 13.2 Å². The van der Waals surface area contributed by atoms with E-state index in [-0.39, 0.29) is 18.3 Å². The van der Waals surface area contributed by atoms with Crippen LogP contribution in [-0.4, -0.2) is 32.4 Å². The summed E-state index contributed by atoms with van der Waals surface area (Å²) in [7, 11) is 1.62. The quantitative estimate of drug-likeness (QED) is 0.544. The van der Waals surface area contributed by atoms with E-state index in [1.807, 2.05) is 24.3 Å².